The van der Waals surface area contributed by atoms with Crippen LogP contribution >= 0.6 is 11.8 Å². The molecule has 1 fully saturated rings. The first-order valence-electron chi connectivity index (χ1n) is 7.97. The number of piperidine rings is 1. The summed E-state index contributed by atoms with van der Waals surface area (Å²) in [5.74, 6) is 0.538. The number of nitrogens with one attached hydrogen (secondary N) is 2. The summed E-state index contributed by atoms with van der Waals surface area (Å²) < 4.78 is 0. The van der Waals surface area contributed by atoms with E-state index in [1.54, 1.807) is 12.4 Å². The highest BCUT2D eigenvalue weighted by Gasteiger charge is 2.33. The number of hydrogen-bond acceptors (Lipinski definition) is 6. The quantitative estimate of drug-likeness (QED) is 0.544. The second kappa shape index (κ2) is 8.63. The molecule has 0 aromatic carbocycles. The molecule has 2 heterocycles. The smallest absolute Gasteiger partial charge is 0.150 e. The lowest BCUT2D eigenvalue weighted by Crippen LogP contribution is -2.53. The number of hydrogen-bond donors (Lipinski definition) is 3. The Bertz CT molecular complexity index is 531. The van der Waals surface area contributed by atoms with Crippen LogP contribution in [0.2, 0.25) is 0 Å². The van der Waals surface area contributed by atoms with Crippen molar-refractivity contribution in [1.82, 2.24) is 20.4 Å². The van der Waals surface area contributed by atoms with Crippen LogP contribution in [0.15, 0.2) is 29.7 Å². The molecule has 0 bridgehead atoms. The van der Waals surface area contributed by atoms with Gasteiger partial charge in [-0.25, -0.2) is 4.99 Å². The molecule has 6 nitrogen and oxygen atoms in total. The molecule has 3 N–H and O–H groups in total. The van der Waals surface area contributed by atoms with Crippen molar-refractivity contribution in [2.75, 3.05) is 26.4 Å². The SMILES string of the molecule is C=C(/N=C(\SC)c1cn[nH]c1)C(O)N1CCCC(C)C1CNC. The number of aromatic nitrogens is 2. The Morgan fingerprint density at radius 2 is 2.48 bits per heavy atom. The molecule has 0 amide bonds. The monoisotopic (exact) mass is 337 g/mol. The first kappa shape index (κ1) is 18.2. The number of likely N-dealkylation sites (tertiary alicyclic amines) is 1. The Hall–Kier alpha value is -1.15. The molecule has 0 radical (unpaired) electrons. The first-order valence-corrected chi connectivity index (χ1v) is 9.20. The summed E-state index contributed by atoms with van der Waals surface area (Å²) >= 11 is 1.52. The molecule has 1 aliphatic heterocycles. The summed E-state index contributed by atoms with van der Waals surface area (Å²) in [6.07, 6.45) is 7.00. The fourth-order valence-electron chi connectivity index (χ4n) is 3.09. The highest BCUT2D eigenvalue weighted by atomic mass is 32.2. The van der Waals surface area contributed by atoms with Crippen molar-refractivity contribution < 1.29 is 5.11 Å². The Labute approximate surface area is 142 Å². The largest absolute Gasteiger partial charge is 0.372 e. The number of aliphatic imine (C=N–C) groups is 1. The van der Waals surface area contributed by atoms with Gasteiger partial charge in [-0.1, -0.05) is 13.5 Å². The van der Waals surface area contributed by atoms with E-state index in [0.29, 0.717) is 17.7 Å². The normalized spacial score (nSPS) is 24.6. The van der Waals surface area contributed by atoms with E-state index in [1.807, 2.05) is 13.3 Å². The zero-order valence-corrected chi connectivity index (χ0v) is 14.9. The van der Waals surface area contributed by atoms with Gasteiger partial charge >= 0.3 is 0 Å². The Morgan fingerprint density at radius 3 is 3.09 bits per heavy atom. The van der Waals surface area contributed by atoms with Gasteiger partial charge < -0.3 is 10.4 Å². The van der Waals surface area contributed by atoms with Crippen LogP contribution < -0.4 is 5.32 Å². The van der Waals surface area contributed by atoms with Crippen LogP contribution in [0.4, 0.5) is 0 Å². The van der Waals surface area contributed by atoms with Gasteiger partial charge in [0.1, 0.15) is 11.3 Å². The number of rotatable bonds is 6. The van der Waals surface area contributed by atoms with Crippen LogP contribution in [0.5, 0.6) is 0 Å². The topological polar surface area (TPSA) is 76.5 Å². The third-order valence-electron chi connectivity index (χ3n) is 4.37. The van der Waals surface area contributed by atoms with Crippen LogP contribution in [-0.4, -0.2) is 63.9 Å². The first-order chi connectivity index (χ1) is 11.1. The summed E-state index contributed by atoms with van der Waals surface area (Å²) in [5, 5.41) is 21.5. The predicted molar refractivity (Wildman–Crippen MR) is 96.6 cm³/mol. The molecule has 0 saturated carbocycles. The molecule has 0 aliphatic carbocycles. The minimum absolute atomic E-state index is 0.294. The Morgan fingerprint density at radius 1 is 1.70 bits per heavy atom. The van der Waals surface area contributed by atoms with E-state index in [1.165, 1.54) is 18.2 Å². The molecular formula is C16H27N5OS. The maximum atomic E-state index is 10.8. The number of aliphatic hydroxyl groups is 1. The van der Waals surface area contributed by atoms with Crippen LogP contribution in [-0.2, 0) is 0 Å². The van der Waals surface area contributed by atoms with Crippen LogP contribution in [0.25, 0.3) is 0 Å². The lowest BCUT2D eigenvalue weighted by molar-refractivity contribution is -0.0341. The predicted octanol–water partition coefficient (Wildman–Crippen LogP) is 1.67. The fourth-order valence-corrected chi connectivity index (χ4v) is 3.64. The number of likely N-dealkylation sites (N-methyl/N-ethyl adjacent to an activating group) is 1. The molecule has 128 valence electrons. The summed E-state index contributed by atoms with van der Waals surface area (Å²) in [6, 6.07) is 0.294. The van der Waals surface area contributed by atoms with E-state index in [0.717, 1.165) is 30.1 Å². The zero-order valence-electron chi connectivity index (χ0n) is 14.1. The molecule has 2 rings (SSSR count). The third kappa shape index (κ3) is 4.44. The van der Waals surface area contributed by atoms with Gasteiger partial charge in [0.25, 0.3) is 0 Å². The van der Waals surface area contributed by atoms with Crippen molar-refractivity contribution in [2.24, 2.45) is 10.9 Å². The van der Waals surface area contributed by atoms with Crippen LogP contribution in [0, 0.1) is 5.92 Å². The number of aromatic amines is 1. The maximum Gasteiger partial charge on any atom is 0.150 e. The average Bonchev–Trinajstić information content (AvgIpc) is 3.08. The number of aliphatic hydroxyl groups excluding tert-OH is 1. The molecule has 7 heteroatoms. The minimum atomic E-state index is -0.759. The second-order valence-corrected chi connectivity index (χ2v) is 6.75. The molecule has 1 aromatic rings. The fraction of sp³-hybridized carbons (Fsp3) is 0.625. The summed E-state index contributed by atoms with van der Waals surface area (Å²) in [5.41, 5.74) is 1.38. The number of thioether (sulfide) groups is 1. The zero-order chi connectivity index (χ0) is 16.8. The molecule has 0 spiro atoms. The maximum absolute atomic E-state index is 10.8. The highest BCUT2D eigenvalue weighted by Crippen LogP contribution is 2.26. The van der Waals surface area contributed by atoms with Crippen molar-refractivity contribution in [3.63, 3.8) is 0 Å². The molecular weight excluding hydrogens is 310 g/mol. The van der Waals surface area contributed by atoms with E-state index < -0.39 is 6.23 Å². The molecule has 1 aliphatic rings. The average molecular weight is 337 g/mol. The van der Waals surface area contributed by atoms with Gasteiger partial charge in [0.2, 0.25) is 0 Å². The van der Waals surface area contributed by atoms with Gasteiger partial charge in [-0.05, 0) is 32.1 Å². The van der Waals surface area contributed by atoms with Crippen molar-refractivity contribution in [2.45, 2.75) is 32.0 Å². The van der Waals surface area contributed by atoms with Crippen molar-refractivity contribution in [3.05, 3.63) is 30.2 Å². The van der Waals surface area contributed by atoms with Crippen molar-refractivity contribution in [3.8, 4) is 0 Å². The lowest BCUT2D eigenvalue weighted by atomic mass is 9.90. The lowest BCUT2D eigenvalue weighted by Gasteiger charge is -2.42. The van der Waals surface area contributed by atoms with Gasteiger partial charge in [0.05, 0.1) is 11.9 Å². The third-order valence-corrected chi connectivity index (χ3v) is 5.08. The van der Waals surface area contributed by atoms with Gasteiger partial charge in [-0.3, -0.25) is 10.00 Å². The van der Waals surface area contributed by atoms with Gasteiger partial charge in [-0.15, -0.1) is 11.8 Å². The van der Waals surface area contributed by atoms with Crippen molar-refractivity contribution >= 4 is 16.8 Å². The number of H-pyrrole nitrogens is 1. The summed E-state index contributed by atoms with van der Waals surface area (Å²) in [6.45, 7) is 7.97. The van der Waals surface area contributed by atoms with Crippen molar-refractivity contribution in [1.29, 1.82) is 0 Å². The van der Waals surface area contributed by atoms with E-state index >= 15 is 0 Å². The van der Waals surface area contributed by atoms with E-state index in [2.05, 4.69) is 38.9 Å². The second-order valence-electron chi connectivity index (χ2n) is 5.96. The molecule has 1 saturated heterocycles. The molecule has 3 atom stereocenters. The minimum Gasteiger partial charge on any atom is -0.372 e. The molecule has 23 heavy (non-hydrogen) atoms. The summed E-state index contributed by atoms with van der Waals surface area (Å²) in [4.78, 5) is 6.66. The Balaban J connectivity index is 2.14. The standard InChI is InChI=1S/C16H27N5OS/c1-11-6-5-7-21(14(11)10-17-3)16(22)12(2)20-15(23-4)13-8-18-19-9-13/h8-9,11,14,16-17,22H,2,5-7,10H2,1,3-4H3,(H,18,19)/b20-15-. The van der Waals surface area contributed by atoms with Crippen LogP contribution in [0.1, 0.15) is 25.3 Å². The van der Waals surface area contributed by atoms with E-state index in [4.69, 9.17) is 0 Å². The Kier molecular flexibility index (Phi) is 6.83. The van der Waals surface area contributed by atoms with Gasteiger partial charge in [0.15, 0.2) is 0 Å². The van der Waals surface area contributed by atoms with Gasteiger partial charge in [-0.2, -0.15) is 5.10 Å². The molecule has 1 aromatic heterocycles. The van der Waals surface area contributed by atoms with Crippen LogP contribution in [0.3, 0.4) is 0 Å². The highest BCUT2D eigenvalue weighted by molar-refractivity contribution is 8.13. The van der Waals surface area contributed by atoms with Gasteiger partial charge in [0, 0.05) is 30.9 Å². The van der Waals surface area contributed by atoms with E-state index in [9.17, 15) is 5.11 Å². The summed E-state index contributed by atoms with van der Waals surface area (Å²) in [7, 11) is 1.95. The van der Waals surface area contributed by atoms with E-state index in [-0.39, 0.29) is 0 Å². The number of nitrogens with zero attached hydrogens (tertiary/aromatic N) is 3. The molecule has 3 unspecified atom stereocenters.